The van der Waals surface area contributed by atoms with Gasteiger partial charge >= 0.3 is 0 Å². The molecular weight excluding hydrogens is 210 g/mol. The lowest BCUT2D eigenvalue weighted by atomic mass is 10.0. The van der Waals surface area contributed by atoms with E-state index in [2.05, 4.69) is 36.1 Å². The van der Waals surface area contributed by atoms with Crippen molar-refractivity contribution in [2.45, 2.75) is 39.2 Å². The second-order valence-corrected chi connectivity index (χ2v) is 5.08. The molecule has 17 heavy (non-hydrogen) atoms. The fourth-order valence-corrected chi connectivity index (χ4v) is 2.74. The molecule has 1 saturated heterocycles. The minimum atomic E-state index is 0.301. The Hall–Kier alpha value is -1.31. The molecule has 0 aromatic heterocycles. The highest BCUT2D eigenvalue weighted by Gasteiger charge is 2.31. The molecule has 1 aromatic rings. The summed E-state index contributed by atoms with van der Waals surface area (Å²) < 4.78 is 0. The van der Waals surface area contributed by atoms with Crippen molar-refractivity contribution in [2.75, 3.05) is 6.54 Å². The largest absolute Gasteiger partial charge is 0.339 e. The van der Waals surface area contributed by atoms with Crippen LogP contribution in [-0.4, -0.2) is 23.4 Å². The molecular formula is C15H21NO. The van der Waals surface area contributed by atoms with E-state index in [4.69, 9.17) is 0 Å². The number of amides is 1. The maximum Gasteiger partial charge on any atom is 0.222 e. The summed E-state index contributed by atoms with van der Waals surface area (Å²) in [5.74, 6) is 0.939. The molecule has 1 aliphatic heterocycles. The van der Waals surface area contributed by atoms with Gasteiger partial charge in [0.05, 0.1) is 0 Å². The molecule has 1 heterocycles. The van der Waals surface area contributed by atoms with Gasteiger partial charge in [0.2, 0.25) is 5.91 Å². The summed E-state index contributed by atoms with van der Waals surface area (Å²) in [6.45, 7) is 5.12. The first-order chi connectivity index (χ1) is 8.20. The van der Waals surface area contributed by atoms with E-state index in [9.17, 15) is 4.79 Å². The molecule has 0 bridgehead atoms. The van der Waals surface area contributed by atoms with Gasteiger partial charge in [-0.1, -0.05) is 44.2 Å². The van der Waals surface area contributed by atoms with E-state index >= 15 is 0 Å². The lowest BCUT2D eigenvalue weighted by molar-refractivity contribution is -0.131. The molecule has 92 valence electrons. The zero-order valence-corrected chi connectivity index (χ0v) is 10.7. The van der Waals surface area contributed by atoms with Crippen molar-refractivity contribution in [3.05, 3.63) is 35.9 Å². The smallest absolute Gasteiger partial charge is 0.222 e. The molecule has 1 fully saturated rings. The first-order valence-corrected chi connectivity index (χ1v) is 6.54. The van der Waals surface area contributed by atoms with Gasteiger partial charge in [-0.05, 0) is 24.3 Å². The number of nitrogens with zero attached hydrogens (tertiary/aromatic N) is 1. The Morgan fingerprint density at radius 3 is 2.71 bits per heavy atom. The molecule has 0 unspecified atom stereocenters. The molecule has 0 saturated carbocycles. The normalized spacial score (nSPS) is 24.0. The summed E-state index contributed by atoms with van der Waals surface area (Å²) in [7, 11) is 0. The molecule has 0 N–H and O–H groups in total. The van der Waals surface area contributed by atoms with Crippen LogP contribution in [0.4, 0.5) is 0 Å². The van der Waals surface area contributed by atoms with Gasteiger partial charge in [-0.25, -0.2) is 0 Å². The van der Waals surface area contributed by atoms with Crippen LogP contribution < -0.4 is 0 Å². The third kappa shape index (κ3) is 2.87. The number of carbonyl (C=O) groups is 1. The van der Waals surface area contributed by atoms with Gasteiger partial charge < -0.3 is 4.90 Å². The van der Waals surface area contributed by atoms with Crippen molar-refractivity contribution in [1.82, 2.24) is 4.90 Å². The van der Waals surface area contributed by atoms with Gasteiger partial charge in [-0.15, -0.1) is 0 Å². The summed E-state index contributed by atoms with van der Waals surface area (Å²) in [6, 6.07) is 10.9. The summed E-state index contributed by atoms with van der Waals surface area (Å²) in [5.41, 5.74) is 1.33. The number of benzene rings is 1. The lowest BCUT2D eigenvalue weighted by Gasteiger charge is -2.24. The number of hydrogen-bond acceptors (Lipinski definition) is 1. The predicted molar refractivity (Wildman–Crippen MR) is 69.7 cm³/mol. The number of rotatable bonds is 3. The lowest BCUT2D eigenvalue weighted by Crippen LogP contribution is -2.36. The van der Waals surface area contributed by atoms with Crippen LogP contribution in [0.5, 0.6) is 0 Å². The third-order valence-corrected chi connectivity index (χ3v) is 3.56. The standard InChI is InChI=1S/C15H21NO/c1-3-15(17)16-11-12(2)9-14(16)10-13-7-5-4-6-8-13/h4-8,12,14H,3,9-11H2,1-2H3/t12-,14+/m1/s1. The molecule has 0 spiro atoms. The van der Waals surface area contributed by atoms with E-state index in [1.165, 1.54) is 5.56 Å². The Balaban J connectivity index is 2.06. The van der Waals surface area contributed by atoms with E-state index in [1.807, 2.05) is 13.0 Å². The van der Waals surface area contributed by atoms with Gasteiger partial charge in [-0.2, -0.15) is 0 Å². The number of carbonyl (C=O) groups excluding carboxylic acids is 1. The van der Waals surface area contributed by atoms with Crippen molar-refractivity contribution in [3.8, 4) is 0 Å². The summed E-state index contributed by atoms with van der Waals surface area (Å²) in [5, 5.41) is 0. The fourth-order valence-electron chi connectivity index (χ4n) is 2.74. The fraction of sp³-hybridized carbons (Fsp3) is 0.533. The second-order valence-electron chi connectivity index (χ2n) is 5.08. The highest BCUT2D eigenvalue weighted by molar-refractivity contribution is 5.76. The quantitative estimate of drug-likeness (QED) is 0.783. The van der Waals surface area contributed by atoms with Gasteiger partial charge in [-0.3, -0.25) is 4.79 Å². The SMILES string of the molecule is CCC(=O)N1C[C@H](C)C[C@H]1Cc1ccccc1. The van der Waals surface area contributed by atoms with Gasteiger partial charge in [0.25, 0.3) is 0 Å². The van der Waals surface area contributed by atoms with E-state index in [1.54, 1.807) is 0 Å². The number of likely N-dealkylation sites (tertiary alicyclic amines) is 1. The zero-order chi connectivity index (χ0) is 12.3. The van der Waals surface area contributed by atoms with Crippen molar-refractivity contribution in [2.24, 2.45) is 5.92 Å². The van der Waals surface area contributed by atoms with E-state index in [0.717, 1.165) is 19.4 Å². The first-order valence-electron chi connectivity index (χ1n) is 6.54. The van der Waals surface area contributed by atoms with Crippen molar-refractivity contribution in [3.63, 3.8) is 0 Å². The van der Waals surface area contributed by atoms with Crippen LogP contribution in [0.25, 0.3) is 0 Å². The van der Waals surface area contributed by atoms with Crippen molar-refractivity contribution < 1.29 is 4.79 Å². The van der Waals surface area contributed by atoms with E-state index in [-0.39, 0.29) is 0 Å². The summed E-state index contributed by atoms with van der Waals surface area (Å²) >= 11 is 0. The Morgan fingerprint density at radius 1 is 1.35 bits per heavy atom. The molecule has 0 aliphatic carbocycles. The molecule has 2 rings (SSSR count). The van der Waals surface area contributed by atoms with Gasteiger partial charge in [0.15, 0.2) is 0 Å². The predicted octanol–water partition coefficient (Wildman–Crippen LogP) is 2.88. The van der Waals surface area contributed by atoms with Crippen LogP contribution in [0.3, 0.4) is 0 Å². The van der Waals surface area contributed by atoms with E-state index < -0.39 is 0 Å². The van der Waals surface area contributed by atoms with Crippen LogP contribution in [0.1, 0.15) is 32.3 Å². The highest BCUT2D eigenvalue weighted by atomic mass is 16.2. The molecule has 2 heteroatoms. The average molecular weight is 231 g/mol. The van der Waals surface area contributed by atoms with Gasteiger partial charge in [0, 0.05) is 19.0 Å². The van der Waals surface area contributed by atoms with E-state index in [0.29, 0.717) is 24.3 Å². The van der Waals surface area contributed by atoms with Crippen LogP contribution in [0.2, 0.25) is 0 Å². The molecule has 0 radical (unpaired) electrons. The highest BCUT2D eigenvalue weighted by Crippen LogP contribution is 2.26. The third-order valence-electron chi connectivity index (χ3n) is 3.56. The van der Waals surface area contributed by atoms with Crippen LogP contribution in [0.15, 0.2) is 30.3 Å². The Kier molecular flexibility index (Phi) is 3.82. The number of hydrogen-bond donors (Lipinski definition) is 0. The Labute approximate surface area is 104 Å². The summed E-state index contributed by atoms with van der Waals surface area (Å²) in [4.78, 5) is 14.0. The van der Waals surface area contributed by atoms with Crippen LogP contribution in [0, 0.1) is 5.92 Å². The molecule has 1 aromatic carbocycles. The van der Waals surface area contributed by atoms with Gasteiger partial charge in [0.1, 0.15) is 0 Å². The second kappa shape index (κ2) is 5.35. The molecule has 2 nitrogen and oxygen atoms in total. The Morgan fingerprint density at radius 2 is 2.06 bits per heavy atom. The maximum absolute atomic E-state index is 11.9. The van der Waals surface area contributed by atoms with Crippen LogP contribution in [-0.2, 0) is 11.2 Å². The molecule has 1 aliphatic rings. The molecule has 2 atom stereocenters. The van der Waals surface area contributed by atoms with Crippen LogP contribution >= 0.6 is 0 Å². The summed E-state index contributed by atoms with van der Waals surface area (Å²) in [6.07, 6.45) is 2.76. The monoisotopic (exact) mass is 231 g/mol. The topological polar surface area (TPSA) is 20.3 Å². The maximum atomic E-state index is 11.9. The zero-order valence-electron chi connectivity index (χ0n) is 10.7. The first kappa shape index (κ1) is 12.2. The van der Waals surface area contributed by atoms with Crippen molar-refractivity contribution >= 4 is 5.91 Å². The minimum absolute atomic E-state index is 0.301. The molecule has 1 amide bonds. The average Bonchev–Trinajstić information content (AvgIpc) is 2.70. The minimum Gasteiger partial charge on any atom is -0.339 e. The Bertz CT molecular complexity index is 374. The van der Waals surface area contributed by atoms with Crippen molar-refractivity contribution in [1.29, 1.82) is 0 Å².